The standard InChI is InChI=1S/C17H23N3O/c1-3-17(9-6-10-18-12-17)16(21)11-14-13-7-4-5-8-15(13)20(2)19-14/h4-5,7-8,18H,3,6,9-12H2,1-2H3. The number of carbonyl (C=O) groups excluding carboxylic acids is 1. The summed E-state index contributed by atoms with van der Waals surface area (Å²) in [5.74, 6) is 0.334. The summed E-state index contributed by atoms with van der Waals surface area (Å²) in [5.41, 5.74) is 1.81. The quantitative estimate of drug-likeness (QED) is 0.938. The number of ketones is 1. The Morgan fingerprint density at radius 1 is 1.43 bits per heavy atom. The van der Waals surface area contributed by atoms with Gasteiger partial charge in [0.2, 0.25) is 0 Å². The zero-order chi connectivity index (χ0) is 14.9. The molecule has 1 aliphatic rings. The minimum atomic E-state index is -0.198. The van der Waals surface area contributed by atoms with Gasteiger partial charge < -0.3 is 5.32 Å². The van der Waals surface area contributed by atoms with Crippen molar-refractivity contribution in [3.63, 3.8) is 0 Å². The van der Waals surface area contributed by atoms with Crippen molar-refractivity contribution >= 4 is 16.7 Å². The maximum Gasteiger partial charge on any atom is 0.146 e. The summed E-state index contributed by atoms with van der Waals surface area (Å²) in [7, 11) is 1.94. The summed E-state index contributed by atoms with van der Waals surface area (Å²) < 4.78 is 1.87. The number of aromatic nitrogens is 2. The van der Waals surface area contributed by atoms with Crippen LogP contribution in [0.5, 0.6) is 0 Å². The molecular formula is C17H23N3O. The van der Waals surface area contributed by atoms with Crippen LogP contribution in [0.3, 0.4) is 0 Å². The van der Waals surface area contributed by atoms with E-state index in [9.17, 15) is 4.79 Å². The van der Waals surface area contributed by atoms with Crippen LogP contribution < -0.4 is 5.32 Å². The Bertz CT molecular complexity index is 653. The number of rotatable bonds is 4. The number of Topliss-reactive ketones (excluding diaryl/α,β-unsaturated/α-hetero) is 1. The highest BCUT2D eigenvalue weighted by atomic mass is 16.1. The third-order valence-electron chi connectivity index (χ3n) is 4.90. The van der Waals surface area contributed by atoms with Crippen LogP contribution in [0.1, 0.15) is 31.9 Å². The molecule has 0 bridgehead atoms. The lowest BCUT2D eigenvalue weighted by Crippen LogP contribution is -2.45. The number of carbonyl (C=O) groups is 1. The maximum atomic E-state index is 12.9. The van der Waals surface area contributed by atoms with E-state index in [1.165, 1.54) is 0 Å². The fourth-order valence-corrected chi connectivity index (χ4v) is 3.46. The van der Waals surface area contributed by atoms with Crippen molar-refractivity contribution in [2.24, 2.45) is 12.5 Å². The van der Waals surface area contributed by atoms with Crippen LogP contribution >= 0.6 is 0 Å². The Kier molecular flexibility index (Phi) is 3.81. The summed E-state index contributed by atoms with van der Waals surface area (Å²) in [5, 5.41) is 9.05. The first-order valence-corrected chi connectivity index (χ1v) is 7.81. The Morgan fingerprint density at radius 2 is 2.24 bits per heavy atom. The highest BCUT2D eigenvalue weighted by Crippen LogP contribution is 2.33. The minimum Gasteiger partial charge on any atom is -0.316 e. The number of hydrogen-bond donors (Lipinski definition) is 1. The molecule has 2 heterocycles. The molecular weight excluding hydrogens is 262 g/mol. The van der Waals surface area contributed by atoms with Gasteiger partial charge in [0.25, 0.3) is 0 Å². The fraction of sp³-hybridized carbons (Fsp3) is 0.529. The zero-order valence-corrected chi connectivity index (χ0v) is 12.9. The molecule has 1 unspecified atom stereocenters. The molecule has 0 saturated carbocycles. The second-order valence-corrected chi connectivity index (χ2v) is 6.10. The number of nitrogens with one attached hydrogen (secondary N) is 1. The van der Waals surface area contributed by atoms with E-state index in [2.05, 4.69) is 23.4 Å². The lowest BCUT2D eigenvalue weighted by Gasteiger charge is -2.35. The van der Waals surface area contributed by atoms with E-state index in [0.717, 1.165) is 48.9 Å². The average molecular weight is 285 g/mol. The van der Waals surface area contributed by atoms with Gasteiger partial charge in [0.15, 0.2) is 0 Å². The molecule has 0 spiro atoms. The Morgan fingerprint density at radius 3 is 2.95 bits per heavy atom. The van der Waals surface area contributed by atoms with Crippen molar-refractivity contribution in [3.8, 4) is 0 Å². The van der Waals surface area contributed by atoms with E-state index in [1.807, 2.05) is 29.9 Å². The third-order valence-corrected chi connectivity index (χ3v) is 4.90. The van der Waals surface area contributed by atoms with Crippen LogP contribution in [0.2, 0.25) is 0 Å². The number of aryl methyl sites for hydroxylation is 1. The number of benzene rings is 1. The van der Waals surface area contributed by atoms with Crippen LogP contribution in [0.25, 0.3) is 10.9 Å². The monoisotopic (exact) mass is 285 g/mol. The molecule has 1 aromatic carbocycles. The van der Waals surface area contributed by atoms with Crippen molar-refractivity contribution in [3.05, 3.63) is 30.0 Å². The van der Waals surface area contributed by atoms with E-state index in [0.29, 0.717) is 12.2 Å². The van der Waals surface area contributed by atoms with Gasteiger partial charge >= 0.3 is 0 Å². The average Bonchev–Trinajstić information content (AvgIpc) is 2.85. The number of fused-ring (bicyclic) bond motifs is 1. The summed E-state index contributed by atoms with van der Waals surface area (Å²) in [6, 6.07) is 8.13. The topological polar surface area (TPSA) is 46.9 Å². The van der Waals surface area contributed by atoms with Crippen LogP contribution in [-0.2, 0) is 18.3 Å². The summed E-state index contributed by atoms with van der Waals surface area (Å²) >= 11 is 0. The number of piperidine rings is 1. The molecule has 21 heavy (non-hydrogen) atoms. The molecule has 0 radical (unpaired) electrons. The molecule has 4 heteroatoms. The van der Waals surface area contributed by atoms with Crippen LogP contribution in [0, 0.1) is 5.41 Å². The van der Waals surface area contributed by atoms with Crippen LogP contribution in [0.4, 0.5) is 0 Å². The molecule has 1 aromatic heterocycles. The Labute approximate surface area is 125 Å². The molecule has 112 valence electrons. The smallest absolute Gasteiger partial charge is 0.146 e. The van der Waals surface area contributed by atoms with E-state index < -0.39 is 0 Å². The minimum absolute atomic E-state index is 0.198. The third kappa shape index (κ3) is 2.48. The SMILES string of the molecule is CCC1(C(=O)Cc2nn(C)c3ccccc23)CCCNC1. The molecule has 2 aromatic rings. The first kappa shape index (κ1) is 14.3. The molecule has 0 aliphatic carbocycles. The lowest BCUT2D eigenvalue weighted by molar-refractivity contribution is -0.129. The normalized spacial score (nSPS) is 22.6. The second-order valence-electron chi connectivity index (χ2n) is 6.10. The molecule has 1 N–H and O–H groups in total. The van der Waals surface area contributed by atoms with Crippen molar-refractivity contribution in [1.82, 2.24) is 15.1 Å². The highest BCUT2D eigenvalue weighted by Gasteiger charge is 2.37. The van der Waals surface area contributed by atoms with Crippen LogP contribution in [-0.4, -0.2) is 28.7 Å². The van der Waals surface area contributed by atoms with E-state index in [4.69, 9.17) is 0 Å². The molecule has 1 atom stereocenters. The van der Waals surface area contributed by atoms with Gasteiger partial charge in [-0.3, -0.25) is 9.48 Å². The van der Waals surface area contributed by atoms with Gasteiger partial charge in [-0.2, -0.15) is 5.10 Å². The van der Waals surface area contributed by atoms with E-state index >= 15 is 0 Å². The van der Waals surface area contributed by atoms with Gasteiger partial charge in [0, 0.05) is 24.4 Å². The molecule has 3 rings (SSSR count). The maximum absolute atomic E-state index is 12.9. The van der Waals surface area contributed by atoms with Gasteiger partial charge in [0.05, 0.1) is 17.6 Å². The van der Waals surface area contributed by atoms with Crippen molar-refractivity contribution in [2.75, 3.05) is 13.1 Å². The predicted molar refractivity (Wildman–Crippen MR) is 84.3 cm³/mol. The Hall–Kier alpha value is -1.68. The van der Waals surface area contributed by atoms with Gasteiger partial charge in [-0.15, -0.1) is 0 Å². The molecule has 0 amide bonds. The number of hydrogen-bond acceptors (Lipinski definition) is 3. The molecule has 1 saturated heterocycles. The summed E-state index contributed by atoms with van der Waals surface area (Å²) in [4.78, 5) is 12.9. The van der Waals surface area contributed by atoms with Crippen LogP contribution in [0.15, 0.2) is 24.3 Å². The van der Waals surface area contributed by atoms with E-state index in [-0.39, 0.29) is 5.41 Å². The first-order valence-electron chi connectivity index (χ1n) is 7.81. The predicted octanol–water partition coefficient (Wildman–Crippen LogP) is 2.46. The largest absolute Gasteiger partial charge is 0.316 e. The number of para-hydroxylation sites is 1. The van der Waals surface area contributed by atoms with Gasteiger partial charge in [-0.25, -0.2) is 0 Å². The molecule has 4 nitrogen and oxygen atoms in total. The van der Waals surface area contributed by atoms with Gasteiger partial charge in [-0.1, -0.05) is 25.1 Å². The number of nitrogens with zero attached hydrogens (tertiary/aromatic N) is 2. The van der Waals surface area contributed by atoms with Crippen molar-refractivity contribution in [1.29, 1.82) is 0 Å². The van der Waals surface area contributed by atoms with E-state index in [1.54, 1.807) is 0 Å². The summed E-state index contributed by atoms with van der Waals surface area (Å²) in [6.45, 7) is 3.97. The molecule has 1 aliphatic heterocycles. The lowest BCUT2D eigenvalue weighted by atomic mass is 9.73. The highest BCUT2D eigenvalue weighted by molar-refractivity contribution is 5.91. The van der Waals surface area contributed by atoms with Crippen molar-refractivity contribution < 1.29 is 4.79 Å². The van der Waals surface area contributed by atoms with Gasteiger partial charge in [-0.05, 0) is 31.9 Å². The van der Waals surface area contributed by atoms with Crippen molar-refractivity contribution in [2.45, 2.75) is 32.6 Å². The molecule has 1 fully saturated rings. The Balaban J connectivity index is 1.89. The zero-order valence-electron chi connectivity index (χ0n) is 12.9. The fourth-order valence-electron chi connectivity index (χ4n) is 3.46. The second kappa shape index (κ2) is 5.60. The summed E-state index contributed by atoms with van der Waals surface area (Å²) in [6.07, 6.45) is 3.43. The van der Waals surface area contributed by atoms with Gasteiger partial charge in [0.1, 0.15) is 5.78 Å². The first-order chi connectivity index (χ1) is 10.2.